The zero-order valence-electron chi connectivity index (χ0n) is 16.8. The first-order valence-electron chi connectivity index (χ1n) is 9.57. The van der Waals surface area contributed by atoms with E-state index in [0.29, 0.717) is 36.9 Å². The highest BCUT2D eigenvalue weighted by Crippen LogP contribution is 2.16. The minimum absolute atomic E-state index is 0.0230. The SMILES string of the molecule is NC(Cc1ccccc1)=NC(CNCc1cccnc1)=Nc1ccc(S(N)(=O)=O)cc1. The lowest BCUT2D eigenvalue weighted by Gasteiger charge is -2.07. The third-order valence-electron chi connectivity index (χ3n) is 4.26. The summed E-state index contributed by atoms with van der Waals surface area (Å²) in [6.07, 6.45) is 3.99. The lowest BCUT2D eigenvalue weighted by Crippen LogP contribution is -2.25. The van der Waals surface area contributed by atoms with Gasteiger partial charge < -0.3 is 11.1 Å². The van der Waals surface area contributed by atoms with E-state index in [1.807, 2.05) is 42.5 Å². The van der Waals surface area contributed by atoms with Crippen LogP contribution in [0.3, 0.4) is 0 Å². The number of nitrogens with one attached hydrogen (secondary N) is 1. The molecule has 31 heavy (non-hydrogen) atoms. The smallest absolute Gasteiger partial charge is 0.238 e. The highest BCUT2D eigenvalue weighted by atomic mass is 32.2. The van der Waals surface area contributed by atoms with E-state index in [4.69, 9.17) is 10.9 Å². The van der Waals surface area contributed by atoms with Crippen molar-refractivity contribution in [3.63, 3.8) is 0 Å². The van der Waals surface area contributed by atoms with Crippen molar-refractivity contribution in [3.05, 3.63) is 90.3 Å². The lowest BCUT2D eigenvalue weighted by atomic mass is 10.1. The van der Waals surface area contributed by atoms with E-state index in [0.717, 1.165) is 11.1 Å². The number of amidine groups is 2. The molecule has 0 amide bonds. The molecule has 0 unspecified atom stereocenters. The van der Waals surface area contributed by atoms with Crippen molar-refractivity contribution >= 4 is 27.4 Å². The second kappa shape index (κ2) is 10.6. The molecule has 1 heterocycles. The van der Waals surface area contributed by atoms with Crippen molar-refractivity contribution in [1.29, 1.82) is 0 Å². The van der Waals surface area contributed by atoms with Crippen LogP contribution < -0.4 is 16.2 Å². The maximum absolute atomic E-state index is 11.4. The predicted octanol–water partition coefficient (Wildman–Crippen LogP) is 2.15. The highest BCUT2D eigenvalue weighted by molar-refractivity contribution is 7.89. The van der Waals surface area contributed by atoms with E-state index in [1.54, 1.807) is 24.5 Å². The van der Waals surface area contributed by atoms with Gasteiger partial charge in [-0.25, -0.2) is 23.5 Å². The van der Waals surface area contributed by atoms with Gasteiger partial charge in [-0.15, -0.1) is 0 Å². The van der Waals surface area contributed by atoms with Gasteiger partial charge >= 0.3 is 0 Å². The Hall–Kier alpha value is -3.40. The summed E-state index contributed by atoms with van der Waals surface area (Å²) in [5.74, 6) is 0.898. The van der Waals surface area contributed by atoms with Crippen molar-refractivity contribution in [2.45, 2.75) is 17.9 Å². The van der Waals surface area contributed by atoms with Gasteiger partial charge in [0.05, 0.1) is 17.1 Å². The number of nitrogens with zero attached hydrogens (tertiary/aromatic N) is 3. The summed E-state index contributed by atoms with van der Waals surface area (Å²) in [5, 5.41) is 8.43. The summed E-state index contributed by atoms with van der Waals surface area (Å²) in [6, 6.07) is 19.6. The Labute approximate surface area is 181 Å². The molecule has 3 rings (SSSR count). The number of sulfonamides is 1. The fourth-order valence-electron chi connectivity index (χ4n) is 2.80. The first-order valence-corrected chi connectivity index (χ1v) is 11.1. The molecule has 0 saturated carbocycles. The van der Waals surface area contributed by atoms with Crippen LogP contribution in [0.4, 0.5) is 5.69 Å². The molecule has 0 spiro atoms. The summed E-state index contributed by atoms with van der Waals surface area (Å²) in [6.45, 7) is 0.951. The molecule has 0 aliphatic heterocycles. The zero-order valence-corrected chi connectivity index (χ0v) is 17.7. The van der Waals surface area contributed by atoms with Gasteiger partial charge in [-0.3, -0.25) is 4.98 Å². The summed E-state index contributed by atoms with van der Waals surface area (Å²) >= 11 is 0. The summed E-state index contributed by atoms with van der Waals surface area (Å²) < 4.78 is 22.9. The van der Waals surface area contributed by atoms with Crippen LogP contribution in [-0.4, -0.2) is 31.6 Å². The predicted molar refractivity (Wildman–Crippen MR) is 123 cm³/mol. The fraction of sp³-hybridized carbons (Fsp3) is 0.136. The number of hydrogen-bond acceptors (Lipinski definition) is 5. The molecule has 160 valence electrons. The van der Waals surface area contributed by atoms with Crippen LogP contribution in [0.2, 0.25) is 0 Å². The number of primary sulfonamides is 1. The van der Waals surface area contributed by atoms with Gasteiger partial charge in [-0.2, -0.15) is 0 Å². The van der Waals surface area contributed by atoms with Gasteiger partial charge in [0.2, 0.25) is 10.0 Å². The summed E-state index contributed by atoms with van der Waals surface area (Å²) in [5.41, 5.74) is 8.78. The van der Waals surface area contributed by atoms with Crippen LogP contribution in [0.15, 0.2) is 94.0 Å². The van der Waals surface area contributed by atoms with Crippen LogP contribution in [0.25, 0.3) is 0 Å². The van der Waals surface area contributed by atoms with Gasteiger partial charge in [0, 0.05) is 25.4 Å². The molecule has 0 saturated heterocycles. The number of rotatable bonds is 8. The Morgan fingerprint density at radius 3 is 2.32 bits per heavy atom. The Morgan fingerprint density at radius 2 is 1.68 bits per heavy atom. The molecular formula is C22H24N6O2S. The van der Waals surface area contributed by atoms with Crippen molar-refractivity contribution < 1.29 is 8.42 Å². The fourth-order valence-corrected chi connectivity index (χ4v) is 3.31. The molecule has 0 atom stereocenters. The number of benzene rings is 2. The number of hydrogen-bond donors (Lipinski definition) is 3. The highest BCUT2D eigenvalue weighted by Gasteiger charge is 2.07. The Morgan fingerprint density at radius 1 is 0.968 bits per heavy atom. The van der Waals surface area contributed by atoms with E-state index >= 15 is 0 Å². The van der Waals surface area contributed by atoms with Gasteiger partial charge in [-0.1, -0.05) is 36.4 Å². The Balaban J connectivity index is 1.78. The molecule has 5 N–H and O–H groups in total. The van der Waals surface area contributed by atoms with E-state index in [2.05, 4.69) is 20.3 Å². The van der Waals surface area contributed by atoms with Gasteiger partial charge in [0.1, 0.15) is 11.7 Å². The maximum atomic E-state index is 11.4. The van der Waals surface area contributed by atoms with Crippen LogP contribution >= 0.6 is 0 Å². The Bertz CT molecular complexity index is 1150. The molecule has 9 heteroatoms. The van der Waals surface area contributed by atoms with Crippen molar-refractivity contribution in [1.82, 2.24) is 10.3 Å². The standard InChI is InChI=1S/C22H24N6O2S/c23-21(13-17-5-2-1-3-6-17)28-22(16-26-15-18-7-4-12-25-14-18)27-19-8-10-20(11-9-19)31(24,29)30/h1-12,14,26H,13,15-16H2,(H2,23,27,28)(H2,24,29,30). The van der Waals surface area contributed by atoms with E-state index in [1.165, 1.54) is 12.1 Å². The normalized spacial score (nSPS) is 12.7. The van der Waals surface area contributed by atoms with Crippen LogP contribution in [-0.2, 0) is 23.0 Å². The number of pyridine rings is 1. The molecule has 1 aromatic heterocycles. The number of aromatic nitrogens is 1. The Kier molecular flexibility index (Phi) is 7.60. The second-order valence-electron chi connectivity index (χ2n) is 6.80. The molecule has 0 radical (unpaired) electrons. The van der Waals surface area contributed by atoms with E-state index < -0.39 is 10.0 Å². The number of aliphatic imine (C=N–C) groups is 2. The quantitative estimate of drug-likeness (QED) is 0.367. The molecule has 0 fully saturated rings. The average Bonchev–Trinajstić information content (AvgIpc) is 2.75. The van der Waals surface area contributed by atoms with Crippen LogP contribution in [0.5, 0.6) is 0 Å². The van der Waals surface area contributed by atoms with Crippen LogP contribution in [0, 0.1) is 0 Å². The molecule has 8 nitrogen and oxygen atoms in total. The second-order valence-corrected chi connectivity index (χ2v) is 8.36. The molecule has 3 aromatic rings. The van der Waals surface area contributed by atoms with E-state index in [-0.39, 0.29) is 4.90 Å². The molecule has 2 aromatic carbocycles. The minimum atomic E-state index is -3.76. The maximum Gasteiger partial charge on any atom is 0.238 e. The molecular weight excluding hydrogens is 412 g/mol. The van der Waals surface area contributed by atoms with Gasteiger partial charge in [0.15, 0.2) is 0 Å². The summed E-state index contributed by atoms with van der Waals surface area (Å²) in [7, 11) is -3.76. The summed E-state index contributed by atoms with van der Waals surface area (Å²) in [4.78, 5) is 13.1. The third-order valence-corrected chi connectivity index (χ3v) is 5.19. The minimum Gasteiger partial charge on any atom is -0.387 e. The van der Waals surface area contributed by atoms with Gasteiger partial charge in [-0.05, 0) is 41.5 Å². The third kappa shape index (κ3) is 7.41. The van der Waals surface area contributed by atoms with Crippen molar-refractivity contribution in [3.8, 4) is 0 Å². The monoisotopic (exact) mass is 436 g/mol. The van der Waals surface area contributed by atoms with E-state index in [9.17, 15) is 8.42 Å². The number of nitrogens with two attached hydrogens (primary N) is 2. The van der Waals surface area contributed by atoms with Crippen molar-refractivity contribution in [2.24, 2.45) is 20.9 Å². The lowest BCUT2D eigenvalue weighted by molar-refractivity contribution is 0.598. The van der Waals surface area contributed by atoms with Gasteiger partial charge in [0.25, 0.3) is 0 Å². The molecule has 0 aliphatic carbocycles. The first-order chi connectivity index (χ1) is 14.9. The molecule has 0 aliphatic rings. The van der Waals surface area contributed by atoms with Crippen molar-refractivity contribution in [2.75, 3.05) is 6.54 Å². The van der Waals surface area contributed by atoms with Crippen LogP contribution in [0.1, 0.15) is 11.1 Å². The largest absolute Gasteiger partial charge is 0.387 e. The molecule has 0 bridgehead atoms. The first kappa shape index (κ1) is 22.3. The average molecular weight is 437 g/mol. The topological polar surface area (TPSA) is 136 Å². The zero-order chi connectivity index (χ0) is 22.1.